The van der Waals surface area contributed by atoms with Crippen LogP contribution < -0.4 is 0 Å². The molecule has 0 saturated carbocycles. The first-order valence-electron chi connectivity index (χ1n) is 4.65. The molecule has 0 spiro atoms. The molecule has 0 rings (SSSR count). The fraction of sp³-hybridized carbons (Fsp3) is 0.800. The van der Waals surface area contributed by atoms with Crippen molar-refractivity contribution in [2.75, 3.05) is 20.2 Å². The lowest BCUT2D eigenvalue weighted by Gasteiger charge is -2.24. The lowest BCUT2D eigenvalue weighted by Crippen LogP contribution is -2.25. The second-order valence-electron chi connectivity index (χ2n) is 3.29. The first kappa shape index (κ1) is 11.5. The van der Waals surface area contributed by atoms with Crippen molar-refractivity contribution in [3.63, 3.8) is 0 Å². The summed E-state index contributed by atoms with van der Waals surface area (Å²) >= 11 is 0. The molecule has 2 nitrogen and oxygen atoms in total. The number of nitrogens with zero attached hydrogens (tertiary/aromatic N) is 1. The Bertz CT molecular complexity index is 130. The van der Waals surface area contributed by atoms with Gasteiger partial charge in [-0.15, -0.1) is 0 Å². The molecule has 0 saturated heterocycles. The van der Waals surface area contributed by atoms with Crippen molar-refractivity contribution in [2.24, 2.45) is 5.92 Å². The van der Waals surface area contributed by atoms with Crippen molar-refractivity contribution in [3.8, 4) is 0 Å². The Morgan fingerprint density at radius 2 is 1.92 bits per heavy atom. The zero-order valence-corrected chi connectivity index (χ0v) is 8.51. The predicted octanol–water partition coefficient (Wildman–Crippen LogP) is 1.86. The summed E-state index contributed by atoms with van der Waals surface area (Å²) in [6.45, 7) is 9.24. The molecule has 0 atom stereocenters. The van der Waals surface area contributed by atoms with Crippen LogP contribution >= 0.6 is 0 Å². The second kappa shape index (κ2) is 6.06. The van der Waals surface area contributed by atoms with Gasteiger partial charge in [-0.05, 0) is 5.92 Å². The van der Waals surface area contributed by atoms with Crippen LogP contribution in [0.1, 0.15) is 26.7 Å². The highest BCUT2D eigenvalue weighted by Gasteiger charge is 2.07. The Morgan fingerprint density at radius 1 is 1.42 bits per heavy atom. The Labute approximate surface area is 75.9 Å². The van der Waals surface area contributed by atoms with Gasteiger partial charge in [0.1, 0.15) is 0 Å². The summed E-state index contributed by atoms with van der Waals surface area (Å²) in [6, 6.07) is 0. The minimum absolute atomic E-state index is 0.0661. The second-order valence-corrected chi connectivity index (χ2v) is 3.29. The summed E-state index contributed by atoms with van der Waals surface area (Å²) in [5, 5.41) is 8.82. The molecule has 2 heteroatoms. The minimum atomic E-state index is 0.0661. The molecule has 12 heavy (non-hydrogen) atoms. The third-order valence-electron chi connectivity index (χ3n) is 2.41. The molecule has 0 aromatic heterocycles. The molecule has 0 heterocycles. The lowest BCUT2D eigenvalue weighted by molar-refractivity contribution is 0.250. The van der Waals surface area contributed by atoms with Crippen LogP contribution in [0.3, 0.4) is 0 Å². The summed E-state index contributed by atoms with van der Waals surface area (Å²) in [5.74, 6) is 0.721. The van der Waals surface area contributed by atoms with Crippen LogP contribution in [0.2, 0.25) is 0 Å². The quantitative estimate of drug-likeness (QED) is 0.659. The number of likely N-dealkylation sites (N-methyl/N-ethyl adjacent to an activating group) is 1. The van der Waals surface area contributed by atoms with Crippen molar-refractivity contribution in [3.05, 3.63) is 12.3 Å². The summed E-state index contributed by atoms with van der Waals surface area (Å²) in [5.41, 5.74) is 0.807. The molecule has 0 radical (unpaired) electrons. The fourth-order valence-corrected chi connectivity index (χ4v) is 1.18. The zero-order chi connectivity index (χ0) is 9.56. The highest BCUT2D eigenvalue weighted by atomic mass is 16.3. The van der Waals surface area contributed by atoms with Crippen LogP contribution in [0.25, 0.3) is 0 Å². The van der Waals surface area contributed by atoms with Gasteiger partial charge in [0.2, 0.25) is 0 Å². The van der Waals surface area contributed by atoms with Gasteiger partial charge in [0.15, 0.2) is 0 Å². The topological polar surface area (TPSA) is 23.5 Å². The van der Waals surface area contributed by atoms with Crippen LogP contribution in [-0.2, 0) is 0 Å². The van der Waals surface area contributed by atoms with Crippen LogP contribution in [0, 0.1) is 5.92 Å². The highest BCUT2D eigenvalue weighted by Crippen LogP contribution is 2.10. The van der Waals surface area contributed by atoms with Crippen LogP contribution in [0.4, 0.5) is 0 Å². The maximum absolute atomic E-state index is 8.82. The van der Waals surface area contributed by atoms with E-state index in [4.69, 9.17) is 5.11 Å². The van der Waals surface area contributed by atoms with Gasteiger partial charge in [0.05, 0.1) is 6.61 Å². The van der Waals surface area contributed by atoms with E-state index < -0.39 is 0 Å². The SMILES string of the molecule is C=C(CO)N(C)CC(CC)CC. The van der Waals surface area contributed by atoms with E-state index in [0.29, 0.717) is 0 Å². The molecular formula is C10H21NO. The van der Waals surface area contributed by atoms with Crippen molar-refractivity contribution < 1.29 is 5.11 Å². The summed E-state index contributed by atoms with van der Waals surface area (Å²) in [4.78, 5) is 2.04. The van der Waals surface area contributed by atoms with Crippen molar-refractivity contribution in [1.82, 2.24) is 4.90 Å². The number of aliphatic hydroxyl groups is 1. The molecular weight excluding hydrogens is 150 g/mol. The maximum atomic E-state index is 8.82. The van der Waals surface area contributed by atoms with E-state index in [1.54, 1.807) is 0 Å². The third-order valence-corrected chi connectivity index (χ3v) is 2.41. The van der Waals surface area contributed by atoms with E-state index in [-0.39, 0.29) is 6.61 Å². The number of rotatable bonds is 6. The first-order valence-corrected chi connectivity index (χ1v) is 4.65. The van der Waals surface area contributed by atoms with Crippen LogP contribution in [0.5, 0.6) is 0 Å². The molecule has 0 aliphatic carbocycles. The molecule has 0 unspecified atom stereocenters. The molecule has 0 aliphatic heterocycles. The molecule has 1 N–H and O–H groups in total. The molecule has 0 amide bonds. The first-order chi connectivity index (χ1) is 5.65. The average molecular weight is 171 g/mol. The monoisotopic (exact) mass is 171 g/mol. The number of hydrogen-bond donors (Lipinski definition) is 1. The molecule has 72 valence electrons. The van der Waals surface area contributed by atoms with Crippen molar-refractivity contribution in [1.29, 1.82) is 0 Å². The van der Waals surface area contributed by atoms with Gasteiger partial charge >= 0.3 is 0 Å². The van der Waals surface area contributed by atoms with Gasteiger partial charge in [0.25, 0.3) is 0 Å². The smallest absolute Gasteiger partial charge is 0.0823 e. The van der Waals surface area contributed by atoms with Crippen LogP contribution in [-0.4, -0.2) is 30.2 Å². The standard InChI is InChI=1S/C10H21NO/c1-5-10(6-2)7-11(4)9(3)8-12/h10,12H,3,5-8H2,1-2,4H3. The zero-order valence-electron chi connectivity index (χ0n) is 8.51. The van der Waals surface area contributed by atoms with Gasteiger partial charge in [-0.25, -0.2) is 0 Å². The van der Waals surface area contributed by atoms with E-state index in [9.17, 15) is 0 Å². The Morgan fingerprint density at radius 3 is 2.25 bits per heavy atom. The van der Waals surface area contributed by atoms with Gasteiger partial charge in [-0.3, -0.25) is 0 Å². The van der Waals surface area contributed by atoms with E-state index in [2.05, 4.69) is 20.4 Å². The lowest BCUT2D eigenvalue weighted by atomic mass is 10.0. The Hall–Kier alpha value is -0.500. The summed E-state index contributed by atoms with van der Waals surface area (Å²) in [7, 11) is 1.98. The van der Waals surface area contributed by atoms with E-state index in [1.807, 2.05) is 11.9 Å². The normalized spacial score (nSPS) is 10.4. The maximum Gasteiger partial charge on any atom is 0.0823 e. The number of aliphatic hydroxyl groups excluding tert-OH is 1. The fourth-order valence-electron chi connectivity index (χ4n) is 1.18. The van der Waals surface area contributed by atoms with Crippen molar-refractivity contribution >= 4 is 0 Å². The van der Waals surface area contributed by atoms with Gasteiger partial charge in [0, 0.05) is 19.3 Å². The summed E-state index contributed by atoms with van der Waals surface area (Å²) in [6.07, 6.45) is 2.39. The third kappa shape index (κ3) is 3.77. The predicted molar refractivity (Wildman–Crippen MR) is 52.9 cm³/mol. The Balaban J connectivity index is 3.80. The van der Waals surface area contributed by atoms with E-state index in [1.165, 1.54) is 12.8 Å². The van der Waals surface area contributed by atoms with Crippen LogP contribution in [0.15, 0.2) is 12.3 Å². The average Bonchev–Trinajstić information content (AvgIpc) is 2.12. The number of hydrogen-bond acceptors (Lipinski definition) is 2. The highest BCUT2D eigenvalue weighted by molar-refractivity contribution is 4.91. The molecule has 0 aliphatic rings. The van der Waals surface area contributed by atoms with Crippen molar-refractivity contribution in [2.45, 2.75) is 26.7 Å². The molecule has 0 aromatic rings. The molecule has 0 fully saturated rings. The van der Waals surface area contributed by atoms with Gasteiger partial charge in [-0.2, -0.15) is 0 Å². The van der Waals surface area contributed by atoms with E-state index >= 15 is 0 Å². The summed E-state index contributed by atoms with van der Waals surface area (Å²) < 4.78 is 0. The molecule has 0 aromatic carbocycles. The minimum Gasteiger partial charge on any atom is -0.390 e. The largest absolute Gasteiger partial charge is 0.390 e. The molecule has 0 bridgehead atoms. The van der Waals surface area contributed by atoms with Gasteiger partial charge in [-0.1, -0.05) is 33.3 Å². The van der Waals surface area contributed by atoms with E-state index in [0.717, 1.165) is 18.2 Å². The Kier molecular flexibility index (Phi) is 5.81. The van der Waals surface area contributed by atoms with Gasteiger partial charge < -0.3 is 10.0 Å².